The lowest BCUT2D eigenvalue weighted by Gasteiger charge is -2.28. The summed E-state index contributed by atoms with van der Waals surface area (Å²) in [5.41, 5.74) is 5.70. The number of nitrogens with zero attached hydrogens (tertiary/aromatic N) is 5. The van der Waals surface area contributed by atoms with Crippen LogP contribution in [0.5, 0.6) is 0 Å². The molecule has 5 rings (SSSR count). The van der Waals surface area contributed by atoms with Crippen LogP contribution < -0.4 is 0 Å². The first-order valence-corrected chi connectivity index (χ1v) is 12.5. The molecule has 1 aliphatic heterocycles. The average molecular weight is 470 g/mol. The Morgan fingerprint density at radius 2 is 1.79 bits per heavy atom. The van der Waals surface area contributed by atoms with E-state index in [0.29, 0.717) is 23.4 Å². The second-order valence-corrected chi connectivity index (χ2v) is 9.66. The first kappa shape index (κ1) is 22.3. The molecule has 0 saturated carbocycles. The highest BCUT2D eigenvalue weighted by molar-refractivity contribution is 7.99. The Balaban J connectivity index is 1.44. The van der Waals surface area contributed by atoms with Gasteiger partial charge in [-0.3, -0.25) is 14.3 Å². The van der Waals surface area contributed by atoms with Crippen LogP contribution in [0.1, 0.15) is 36.5 Å². The number of hydrogen-bond donors (Lipinski definition) is 0. The summed E-state index contributed by atoms with van der Waals surface area (Å²) >= 11 is 1.44. The zero-order chi connectivity index (χ0) is 23.5. The predicted molar refractivity (Wildman–Crippen MR) is 135 cm³/mol. The topological polar surface area (TPSA) is 63.9 Å². The summed E-state index contributed by atoms with van der Waals surface area (Å²) in [7, 11) is 0. The third kappa shape index (κ3) is 4.48. The van der Waals surface area contributed by atoms with Gasteiger partial charge in [-0.15, -0.1) is 10.2 Å². The molecule has 4 aromatic rings. The van der Waals surface area contributed by atoms with Crippen molar-refractivity contribution in [2.75, 3.05) is 12.3 Å². The molecule has 34 heavy (non-hydrogen) atoms. The van der Waals surface area contributed by atoms with E-state index in [9.17, 15) is 4.79 Å². The van der Waals surface area contributed by atoms with Gasteiger partial charge in [0.2, 0.25) is 5.91 Å². The Bertz CT molecular complexity index is 1300. The molecule has 2 aromatic carbocycles. The number of pyridine rings is 1. The van der Waals surface area contributed by atoms with Crippen molar-refractivity contribution in [1.29, 1.82) is 0 Å². The average Bonchev–Trinajstić information content (AvgIpc) is 3.31. The molecule has 0 bridgehead atoms. The van der Waals surface area contributed by atoms with E-state index in [-0.39, 0.29) is 5.91 Å². The molecule has 6 nitrogen and oxygen atoms in total. The van der Waals surface area contributed by atoms with Gasteiger partial charge in [0.1, 0.15) is 0 Å². The first-order valence-electron chi connectivity index (χ1n) is 11.5. The van der Waals surface area contributed by atoms with E-state index in [1.54, 1.807) is 12.4 Å². The maximum atomic E-state index is 13.1. The number of benzene rings is 2. The molecule has 7 heteroatoms. The normalized spacial score (nSPS) is 13.2. The lowest BCUT2D eigenvalue weighted by molar-refractivity contribution is -0.129. The molecular formula is C27H27N5OS. The van der Waals surface area contributed by atoms with E-state index >= 15 is 0 Å². The lowest BCUT2D eigenvalue weighted by atomic mass is 10.00. The van der Waals surface area contributed by atoms with Gasteiger partial charge < -0.3 is 4.90 Å². The molecule has 0 atom stereocenters. The van der Waals surface area contributed by atoms with Crippen LogP contribution >= 0.6 is 11.8 Å². The summed E-state index contributed by atoms with van der Waals surface area (Å²) in [4.78, 5) is 19.3. The zero-order valence-corrected chi connectivity index (χ0v) is 20.2. The highest BCUT2D eigenvalue weighted by Crippen LogP contribution is 2.32. The maximum Gasteiger partial charge on any atom is 0.233 e. The SMILES string of the molecule is CC(C)c1ccccc1-n1c(SCC(=O)N2CCc3ccccc3C2)nnc1-c1cccnc1. The third-order valence-electron chi connectivity index (χ3n) is 6.16. The van der Waals surface area contributed by atoms with Crippen molar-refractivity contribution in [2.24, 2.45) is 0 Å². The van der Waals surface area contributed by atoms with Crippen LogP contribution in [0.15, 0.2) is 78.2 Å². The van der Waals surface area contributed by atoms with Crippen LogP contribution in [-0.4, -0.2) is 42.9 Å². The molecule has 0 unspecified atom stereocenters. The summed E-state index contributed by atoms with van der Waals surface area (Å²) in [5.74, 6) is 1.49. The zero-order valence-electron chi connectivity index (χ0n) is 19.4. The van der Waals surface area contributed by atoms with Crippen molar-refractivity contribution in [3.05, 3.63) is 89.7 Å². The van der Waals surface area contributed by atoms with Gasteiger partial charge in [0.05, 0.1) is 11.4 Å². The van der Waals surface area contributed by atoms with Crippen LogP contribution in [0.3, 0.4) is 0 Å². The summed E-state index contributed by atoms with van der Waals surface area (Å²) in [6.45, 7) is 5.77. The molecule has 172 valence electrons. The fraction of sp³-hybridized carbons (Fsp3) is 0.259. The molecule has 1 aliphatic rings. The second kappa shape index (κ2) is 9.81. The van der Waals surface area contributed by atoms with Gasteiger partial charge in [-0.25, -0.2) is 0 Å². The number of carbonyl (C=O) groups excluding carboxylic acids is 1. The summed E-state index contributed by atoms with van der Waals surface area (Å²) in [5, 5.41) is 9.72. The highest BCUT2D eigenvalue weighted by atomic mass is 32.2. The number of carbonyl (C=O) groups is 1. The fourth-order valence-corrected chi connectivity index (χ4v) is 5.22. The maximum absolute atomic E-state index is 13.1. The quantitative estimate of drug-likeness (QED) is 0.366. The van der Waals surface area contributed by atoms with E-state index in [0.717, 1.165) is 30.0 Å². The standard InChI is InChI=1S/C27H27N5OS/c1-19(2)23-11-5-6-12-24(23)32-26(21-10-7-14-28-16-21)29-30-27(32)34-18-25(33)31-15-13-20-8-3-4-9-22(20)17-31/h3-12,14,16,19H,13,15,17-18H2,1-2H3. The van der Waals surface area contributed by atoms with Crippen molar-refractivity contribution in [3.8, 4) is 17.1 Å². The van der Waals surface area contributed by atoms with Crippen LogP contribution in [0.4, 0.5) is 0 Å². The van der Waals surface area contributed by atoms with E-state index in [1.165, 1.54) is 28.5 Å². The Hall–Kier alpha value is -3.45. The number of hydrogen-bond acceptors (Lipinski definition) is 5. The van der Waals surface area contributed by atoms with Crippen molar-refractivity contribution >= 4 is 17.7 Å². The van der Waals surface area contributed by atoms with Gasteiger partial charge in [-0.1, -0.05) is 68.1 Å². The Kier molecular flexibility index (Phi) is 6.45. The number of para-hydroxylation sites is 1. The molecule has 0 N–H and O–H groups in total. The summed E-state index contributed by atoms with van der Waals surface area (Å²) in [6.07, 6.45) is 4.44. The van der Waals surface area contributed by atoms with Crippen molar-refractivity contribution < 1.29 is 4.79 Å². The Labute approximate surface area is 204 Å². The van der Waals surface area contributed by atoms with Crippen LogP contribution in [0.2, 0.25) is 0 Å². The Morgan fingerprint density at radius 3 is 2.59 bits per heavy atom. The van der Waals surface area contributed by atoms with E-state index in [1.807, 2.05) is 29.2 Å². The van der Waals surface area contributed by atoms with Gasteiger partial charge in [0.25, 0.3) is 0 Å². The van der Waals surface area contributed by atoms with E-state index in [2.05, 4.69) is 70.0 Å². The second-order valence-electron chi connectivity index (χ2n) is 8.72. The summed E-state index contributed by atoms with van der Waals surface area (Å²) < 4.78 is 2.07. The van der Waals surface area contributed by atoms with E-state index < -0.39 is 0 Å². The van der Waals surface area contributed by atoms with Gasteiger partial charge >= 0.3 is 0 Å². The molecule has 0 saturated heterocycles. The van der Waals surface area contributed by atoms with Crippen LogP contribution in [0.25, 0.3) is 17.1 Å². The number of fused-ring (bicyclic) bond motifs is 1. The van der Waals surface area contributed by atoms with Crippen molar-refractivity contribution in [2.45, 2.75) is 37.9 Å². The number of rotatable bonds is 6. The lowest BCUT2D eigenvalue weighted by Crippen LogP contribution is -2.37. The van der Waals surface area contributed by atoms with Gasteiger partial charge in [-0.05, 0) is 47.2 Å². The highest BCUT2D eigenvalue weighted by Gasteiger charge is 2.23. The molecule has 3 heterocycles. The first-order chi connectivity index (χ1) is 16.6. The van der Waals surface area contributed by atoms with Crippen molar-refractivity contribution in [3.63, 3.8) is 0 Å². The monoisotopic (exact) mass is 469 g/mol. The molecule has 0 fully saturated rings. The van der Waals surface area contributed by atoms with Gasteiger partial charge in [0.15, 0.2) is 11.0 Å². The smallest absolute Gasteiger partial charge is 0.233 e. The van der Waals surface area contributed by atoms with Crippen molar-refractivity contribution in [1.82, 2.24) is 24.6 Å². The van der Waals surface area contributed by atoms with Crippen LogP contribution in [-0.2, 0) is 17.8 Å². The van der Waals surface area contributed by atoms with Crippen LogP contribution in [0, 0.1) is 0 Å². The van der Waals surface area contributed by atoms with Gasteiger partial charge in [0, 0.05) is 31.0 Å². The molecule has 0 aliphatic carbocycles. The predicted octanol–water partition coefficient (Wildman–Crippen LogP) is 5.13. The molecular weight excluding hydrogens is 442 g/mol. The van der Waals surface area contributed by atoms with Gasteiger partial charge in [-0.2, -0.15) is 0 Å². The Morgan fingerprint density at radius 1 is 1.00 bits per heavy atom. The fourth-order valence-electron chi connectivity index (χ4n) is 4.37. The minimum absolute atomic E-state index is 0.120. The molecule has 0 spiro atoms. The van der Waals surface area contributed by atoms with E-state index in [4.69, 9.17) is 0 Å². The molecule has 2 aromatic heterocycles. The molecule has 1 amide bonds. The molecule has 0 radical (unpaired) electrons. The number of amides is 1. The minimum Gasteiger partial charge on any atom is -0.337 e. The number of aromatic nitrogens is 4. The minimum atomic E-state index is 0.120. The third-order valence-corrected chi connectivity index (χ3v) is 7.07. The summed E-state index contributed by atoms with van der Waals surface area (Å²) in [6, 6.07) is 20.6. The number of thioether (sulfide) groups is 1. The largest absolute Gasteiger partial charge is 0.337 e.